The Morgan fingerprint density at radius 3 is 2.95 bits per heavy atom. The highest BCUT2D eigenvalue weighted by Crippen LogP contribution is 2.23. The van der Waals surface area contributed by atoms with Crippen LogP contribution in [0.1, 0.15) is 36.8 Å². The lowest BCUT2D eigenvalue weighted by atomic mass is 10.0. The quantitative estimate of drug-likeness (QED) is 0.851. The van der Waals surface area contributed by atoms with E-state index in [1.54, 1.807) is 0 Å². The third-order valence-electron chi connectivity index (χ3n) is 3.60. The van der Waals surface area contributed by atoms with Crippen LogP contribution in [0, 0.1) is 6.92 Å². The monoisotopic (exact) mass is 276 g/mol. The fourth-order valence-electron chi connectivity index (χ4n) is 2.25. The highest BCUT2D eigenvalue weighted by atomic mass is 16.5. The van der Waals surface area contributed by atoms with Gasteiger partial charge in [-0.2, -0.15) is 0 Å². The molecule has 108 valence electrons. The molecule has 5 nitrogen and oxygen atoms in total. The zero-order valence-electron chi connectivity index (χ0n) is 12.1. The van der Waals surface area contributed by atoms with Crippen molar-refractivity contribution in [3.63, 3.8) is 0 Å². The van der Waals surface area contributed by atoms with Crippen molar-refractivity contribution < 1.29 is 14.6 Å². The minimum absolute atomic E-state index is 0.243. The fraction of sp³-hybridized carbons (Fsp3) is 0.467. The number of carbonyl (C=O) groups excluding carboxylic acids is 1. The summed E-state index contributed by atoms with van der Waals surface area (Å²) in [5, 5.41) is 10.2. The molecule has 0 fully saturated rings. The summed E-state index contributed by atoms with van der Waals surface area (Å²) in [4.78, 5) is 15.5. The minimum atomic E-state index is -0.577. The Labute approximate surface area is 118 Å². The molecule has 0 saturated heterocycles. The number of aliphatic hydroxyl groups is 1. The highest BCUT2D eigenvalue weighted by Gasteiger charge is 2.12. The largest absolute Gasteiger partial charge is 0.469 e. The Bertz CT molecular complexity index is 619. The predicted molar refractivity (Wildman–Crippen MR) is 76.3 cm³/mol. The third kappa shape index (κ3) is 2.99. The van der Waals surface area contributed by atoms with Gasteiger partial charge in [-0.05, 0) is 37.5 Å². The number of methoxy groups -OCH3 is 1. The lowest BCUT2D eigenvalue weighted by Crippen LogP contribution is -2.03. The van der Waals surface area contributed by atoms with E-state index in [0.29, 0.717) is 19.3 Å². The van der Waals surface area contributed by atoms with Crippen molar-refractivity contribution in [1.82, 2.24) is 9.55 Å². The molecular weight excluding hydrogens is 256 g/mol. The van der Waals surface area contributed by atoms with E-state index < -0.39 is 6.10 Å². The maximum absolute atomic E-state index is 11.0. The molecule has 20 heavy (non-hydrogen) atoms. The van der Waals surface area contributed by atoms with Gasteiger partial charge in [0.05, 0.1) is 24.2 Å². The van der Waals surface area contributed by atoms with Crippen molar-refractivity contribution >= 4 is 17.0 Å². The van der Waals surface area contributed by atoms with E-state index in [0.717, 1.165) is 22.4 Å². The summed E-state index contributed by atoms with van der Waals surface area (Å²) in [5.41, 5.74) is 2.77. The SMILES string of the molecule is COC(=O)CCCC(O)c1ccc2c(c1)nc(C)n2C. The van der Waals surface area contributed by atoms with Gasteiger partial charge in [-0.1, -0.05) is 6.07 Å². The molecule has 1 atom stereocenters. The summed E-state index contributed by atoms with van der Waals surface area (Å²) in [5.74, 6) is 0.699. The number of rotatable bonds is 5. The van der Waals surface area contributed by atoms with Crippen LogP contribution in [-0.4, -0.2) is 27.7 Å². The van der Waals surface area contributed by atoms with E-state index in [1.165, 1.54) is 7.11 Å². The van der Waals surface area contributed by atoms with E-state index >= 15 is 0 Å². The molecule has 0 aliphatic carbocycles. The van der Waals surface area contributed by atoms with Gasteiger partial charge < -0.3 is 14.4 Å². The molecule has 1 unspecified atom stereocenters. The molecule has 5 heteroatoms. The maximum Gasteiger partial charge on any atom is 0.305 e. The molecule has 1 aromatic carbocycles. The van der Waals surface area contributed by atoms with E-state index in [4.69, 9.17) is 0 Å². The van der Waals surface area contributed by atoms with Gasteiger partial charge >= 0.3 is 5.97 Å². The highest BCUT2D eigenvalue weighted by molar-refractivity contribution is 5.76. The maximum atomic E-state index is 11.0. The van der Waals surface area contributed by atoms with Crippen molar-refractivity contribution in [3.05, 3.63) is 29.6 Å². The van der Waals surface area contributed by atoms with Crippen LogP contribution in [-0.2, 0) is 16.6 Å². The topological polar surface area (TPSA) is 64.3 Å². The normalized spacial score (nSPS) is 12.6. The summed E-state index contributed by atoms with van der Waals surface area (Å²) in [6.45, 7) is 1.95. The van der Waals surface area contributed by atoms with Crippen LogP contribution in [0.2, 0.25) is 0 Å². The zero-order valence-corrected chi connectivity index (χ0v) is 12.1. The number of fused-ring (bicyclic) bond motifs is 1. The lowest BCUT2D eigenvalue weighted by Gasteiger charge is -2.10. The van der Waals surface area contributed by atoms with Crippen LogP contribution in [0.5, 0.6) is 0 Å². The molecule has 1 aromatic heterocycles. The third-order valence-corrected chi connectivity index (χ3v) is 3.60. The number of aliphatic hydroxyl groups excluding tert-OH is 1. The first-order valence-corrected chi connectivity index (χ1v) is 6.70. The molecule has 2 rings (SSSR count). The van der Waals surface area contributed by atoms with Crippen molar-refractivity contribution in [2.45, 2.75) is 32.3 Å². The number of hydrogen-bond donors (Lipinski definition) is 1. The van der Waals surface area contributed by atoms with Crippen LogP contribution in [0.3, 0.4) is 0 Å². The van der Waals surface area contributed by atoms with Crippen molar-refractivity contribution in [1.29, 1.82) is 0 Å². The Balaban J connectivity index is 2.06. The molecule has 0 aliphatic rings. The van der Waals surface area contributed by atoms with Crippen LogP contribution in [0.4, 0.5) is 0 Å². The molecule has 0 aliphatic heterocycles. The van der Waals surface area contributed by atoms with Gasteiger partial charge in [-0.25, -0.2) is 4.98 Å². The first kappa shape index (κ1) is 14.5. The number of aromatic nitrogens is 2. The van der Waals surface area contributed by atoms with Crippen LogP contribution in [0.15, 0.2) is 18.2 Å². The molecule has 0 radical (unpaired) electrons. The predicted octanol–water partition coefficient (Wildman–Crippen LogP) is 2.26. The summed E-state index contributed by atoms with van der Waals surface area (Å²) in [6, 6.07) is 5.78. The number of ether oxygens (including phenoxy) is 1. The van der Waals surface area contributed by atoms with Gasteiger partial charge in [-0.3, -0.25) is 4.79 Å². The number of imidazole rings is 1. The number of nitrogens with zero attached hydrogens (tertiary/aromatic N) is 2. The van der Waals surface area contributed by atoms with Gasteiger partial charge in [0.15, 0.2) is 0 Å². The zero-order chi connectivity index (χ0) is 14.7. The van der Waals surface area contributed by atoms with E-state index in [1.807, 2.05) is 36.7 Å². The second kappa shape index (κ2) is 6.05. The van der Waals surface area contributed by atoms with Crippen molar-refractivity contribution in [3.8, 4) is 0 Å². The molecule has 0 saturated carbocycles. The average molecular weight is 276 g/mol. The summed E-state index contributed by atoms with van der Waals surface area (Å²) in [7, 11) is 3.34. The molecule has 0 bridgehead atoms. The van der Waals surface area contributed by atoms with Gasteiger partial charge in [0.1, 0.15) is 5.82 Å². The summed E-state index contributed by atoms with van der Waals surface area (Å²) < 4.78 is 6.59. The average Bonchev–Trinajstić information content (AvgIpc) is 2.73. The molecule has 2 aromatic rings. The molecule has 1 N–H and O–H groups in total. The first-order valence-electron chi connectivity index (χ1n) is 6.70. The number of benzene rings is 1. The van der Waals surface area contributed by atoms with Gasteiger partial charge in [0, 0.05) is 13.5 Å². The molecule has 0 amide bonds. The fourth-order valence-corrected chi connectivity index (χ4v) is 2.25. The summed E-state index contributed by atoms with van der Waals surface area (Å²) in [6.07, 6.45) is 0.893. The van der Waals surface area contributed by atoms with Crippen molar-refractivity contribution in [2.75, 3.05) is 7.11 Å². The van der Waals surface area contributed by atoms with Gasteiger partial charge in [-0.15, -0.1) is 0 Å². The number of aryl methyl sites for hydroxylation is 2. The van der Waals surface area contributed by atoms with E-state index in [9.17, 15) is 9.90 Å². The molecular formula is C15H20N2O3. The number of carbonyl (C=O) groups is 1. The number of hydrogen-bond acceptors (Lipinski definition) is 4. The van der Waals surface area contributed by atoms with Crippen LogP contribution < -0.4 is 0 Å². The number of esters is 1. The van der Waals surface area contributed by atoms with E-state index in [-0.39, 0.29) is 5.97 Å². The lowest BCUT2D eigenvalue weighted by molar-refractivity contribution is -0.140. The van der Waals surface area contributed by atoms with Gasteiger partial charge in [0.25, 0.3) is 0 Å². The Hall–Kier alpha value is -1.88. The molecule has 0 spiro atoms. The van der Waals surface area contributed by atoms with E-state index in [2.05, 4.69) is 9.72 Å². The summed E-state index contributed by atoms with van der Waals surface area (Å²) >= 11 is 0. The standard InChI is InChI=1S/C15H20N2O3/c1-10-16-12-9-11(7-8-13(12)17(10)2)14(18)5-4-6-15(19)20-3/h7-9,14,18H,4-6H2,1-3H3. The Morgan fingerprint density at radius 1 is 1.50 bits per heavy atom. The second-order valence-corrected chi connectivity index (χ2v) is 4.95. The Morgan fingerprint density at radius 2 is 2.25 bits per heavy atom. The second-order valence-electron chi connectivity index (χ2n) is 4.95. The minimum Gasteiger partial charge on any atom is -0.469 e. The van der Waals surface area contributed by atoms with Gasteiger partial charge in [0.2, 0.25) is 0 Å². The Kier molecular flexibility index (Phi) is 4.39. The smallest absolute Gasteiger partial charge is 0.305 e. The van der Waals surface area contributed by atoms with Crippen molar-refractivity contribution in [2.24, 2.45) is 7.05 Å². The molecule has 1 heterocycles. The first-order chi connectivity index (χ1) is 9.52. The van der Waals surface area contributed by atoms with Crippen LogP contribution >= 0.6 is 0 Å². The van der Waals surface area contributed by atoms with Crippen LogP contribution in [0.25, 0.3) is 11.0 Å².